The molecule has 0 aliphatic carbocycles. The van der Waals surface area contributed by atoms with Gasteiger partial charge in [-0.2, -0.15) is 0 Å². The molecule has 0 fully saturated rings. The van der Waals surface area contributed by atoms with Gasteiger partial charge in [-0.15, -0.1) is 0 Å². The molecule has 2 aromatic heterocycles. The Bertz CT molecular complexity index is 3890. The van der Waals surface area contributed by atoms with Gasteiger partial charge in [0.25, 0.3) is 0 Å². The molecule has 0 spiro atoms. The normalized spacial score (nSPS) is 11.5. The lowest BCUT2D eigenvalue weighted by Crippen LogP contribution is -2.10. The first-order chi connectivity index (χ1) is 34.2. The lowest BCUT2D eigenvalue weighted by Gasteiger charge is -2.26. The molecule has 0 unspecified atom stereocenters. The predicted molar refractivity (Wildman–Crippen MR) is 292 cm³/mol. The zero-order valence-electron chi connectivity index (χ0n) is 37.8. The average molecular weight is 880 g/mol. The Labute approximate surface area is 401 Å². The second kappa shape index (κ2) is 16.9. The first-order valence-corrected chi connectivity index (χ1v) is 23.7. The maximum atomic E-state index is 2.37. The lowest BCUT2D eigenvalue weighted by molar-refractivity contribution is 1.17. The summed E-state index contributed by atoms with van der Waals surface area (Å²) in [4.78, 5) is 2.36. The molecular weight excluding hydrogens is 835 g/mol. The Balaban J connectivity index is 0.829. The molecule has 0 atom stereocenters. The van der Waals surface area contributed by atoms with Crippen LogP contribution in [0.4, 0.5) is 17.1 Å². The van der Waals surface area contributed by atoms with Crippen molar-refractivity contribution in [2.24, 2.45) is 0 Å². The minimum absolute atomic E-state index is 1.08. The van der Waals surface area contributed by atoms with Gasteiger partial charge in [0.1, 0.15) is 0 Å². The Morgan fingerprint density at radius 3 is 0.942 bits per heavy atom. The summed E-state index contributed by atoms with van der Waals surface area (Å²) in [5, 5.41) is 5.03. The summed E-state index contributed by atoms with van der Waals surface area (Å²) in [5.74, 6) is 0. The summed E-state index contributed by atoms with van der Waals surface area (Å²) in [7, 11) is 0. The number of para-hydroxylation sites is 4. The van der Waals surface area contributed by atoms with E-state index in [9.17, 15) is 0 Å². The van der Waals surface area contributed by atoms with E-state index in [1.807, 2.05) is 0 Å². The number of fused-ring (bicyclic) bond motifs is 6. The smallest absolute Gasteiger partial charge is 0.0541 e. The second-order valence-electron chi connectivity index (χ2n) is 17.8. The Morgan fingerprint density at radius 1 is 0.203 bits per heavy atom. The van der Waals surface area contributed by atoms with Crippen LogP contribution in [0.5, 0.6) is 0 Å². The van der Waals surface area contributed by atoms with Gasteiger partial charge in [-0.05, 0) is 136 Å². The topological polar surface area (TPSA) is 13.1 Å². The van der Waals surface area contributed by atoms with E-state index >= 15 is 0 Å². The van der Waals surface area contributed by atoms with Gasteiger partial charge in [0, 0.05) is 50.0 Å². The van der Waals surface area contributed by atoms with Gasteiger partial charge in [-0.25, -0.2) is 0 Å². The summed E-state index contributed by atoms with van der Waals surface area (Å²) in [6.45, 7) is 0. The monoisotopic (exact) mass is 879 g/mol. The predicted octanol–water partition coefficient (Wildman–Crippen LogP) is 18.0. The molecule has 0 N–H and O–H groups in total. The highest BCUT2D eigenvalue weighted by atomic mass is 15.1. The van der Waals surface area contributed by atoms with Gasteiger partial charge in [0.15, 0.2) is 0 Å². The highest BCUT2D eigenvalue weighted by Gasteiger charge is 2.17. The fourth-order valence-electron chi connectivity index (χ4n) is 10.4. The molecule has 11 aromatic carbocycles. The number of rotatable bonds is 9. The zero-order valence-corrected chi connectivity index (χ0v) is 37.8. The van der Waals surface area contributed by atoms with E-state index in [4.69, 9.17) is 0 Å². The first-order valence-electron chi connectivity index (χ1n) is 23.7. The summed E-state index contributed by atoms with van der Waals surface area (Å²) >= 11 is 0. The number of hydrogen-bond donors (Lipinski definition) is 0. The highest BCUT2D eigenvalue weighted by molar-refractivity contribution is 6.11. The third-order valence-electron chi connectivity index (χ3n) is 13.8. The molecule has 0 bridgehead atoms. The molecule has 13 rings (SSSR count). The molecule has 0 saturated heterocycles. The quantitative estimate of drug-likeness (QED) is 0.141. The minimum atomic E-state index is 1.08. The molecule has 69 heavy (non-hydrogen) atoms. The molecule has 2 heterocycles. The van der Waals surface area contributed by atoms with Crippen LogP contribution >= 0.6 is 0 Å². The van der Waals surface area contributed by atoms with Gasteiger partial charge in [-0.3, -0.25) is 0 Å². The van der Waals surface area contributed by atoms with E-state index in [1.54, 1.807) is 0 Å². The van der Waals surface area contributed by atoms with Crippen molar-refractivity contribution in [3.63, 3.8) is 0 Å². The molecule has 0 aliphatic rings. The molecule has 324 valence electrons. The van der Waals surface area contributed by atoms with Crippen LogP contribution in [0.1, 0.15) is 0 Å². The molecule has 3 nitrogen and oxygen atoms in total. The molecule has 3 heteroatoms. The van der Waals surface area contributed by atoms with Gasteiger partial charge in [0.2, 0.25) is 0 Å². The van der Waals surface area contributed by atoms with E-state index in [2.05, 4.69) is 287 Å². The molecular formula is C66H45N3. The van der Waals surface area contributed by atoms with Gasteiger partial charge in [0.05, 0.1) is 22.1 Å². The first kappa shape index (κ1) is 40.1. The van der Waals surface area contributed by atoms with E-state index in [1.165, 1.54) is 93.8 Å². The number of hydrogen-bond acceptors (Lipinski definition) is 1. The van der Waals surface area contributed by atoms with Crippen molar-refractivity contribution in [1.29, 1.82) is 0 Å². The van der Waals surface area contributed by atoms with Crippen molar-refractivity contribution < 1.29 is 0 Å². The van der Waals surface area contributed by atoms with Crippen LogP contribution in [0.2, 0.25) is 0 Å². The van der Waals surface area contributed by atoms with Crippen molar-refractivity contribution in [1.82, 2.24) is 9.13 Å². The second-order valence-corrected chi connectivity index (χ2v) is 17.8. The minimum Gasteiger partial charge on any atom is -0.311 e. The average Bonchev–Trinajstić information content (AvgIpc) is 3.95. The summed E-state index contributed by atoms with van der Waals surface area (Å²) in [5.41, 5.74) is 19.9. The van der Waals surface area contributed by atoms with Crippen LogP contribution in [0.3, 0.4) is 0 Å². The third kappa shape index (κ3) is 7.16. The Kier molecular flexibility index (Phi) is 9.84. The largest absolute Gasteiger partial charge is 0.311 e. The van der Waals surface area contributed by atoms with Crippen molar-refractivity contribution >= 4 is 60.7 Å². The van der Waals surface area contributed by atoms with Crippen LogP contribution in [0.25, 0.3) is 99.5 Å². The van der Waals surface area contributed by atoms with E-state index in [-0.39, 0.29) is 0 Å². The molecule has 13 aromatic rings. The fraction of sp³-hybridized carbons (Fsp3) is 0. The van der Waals surface area contributed by atoms with Crippen LogP contribution < -0.4 is 4.90 Å². The lowest BCUT2D eigenvalue weighted by atomic mass is 9.98. The van der Waals surface area contributed by atoms with E-state index in [0.717, 1.165) is 22.7 Å². The number of anilines is 3. The van der Waals surface area contributed by atoms with E-state index < -0.39 is 0 Å². The van der Waals surface area contributed by atoms with E-state index in [0.29, 0.717) is 0 Å². The van der Waals surface area contributed by atoms with Crippen LogP contribution in [-0.4, -0.2) is 9.13 Å². The zero-order chi connectivity index (χ0) is 45.7. The van der Waals surface area contributed by atoms with Gasteiger partial charge >= 0.3 is 0 Å². The number of benzene rings is 11. The third-order valence-corrected chi connectivity index (χ3v) is 13.8. The van der Waals surface area contributed by atoms with Crippen molar-refractivity contribution in [3.05, 3.63) is 273 Å². The maximum Gasteiger partial charge on any atom is 0.0541 e. The standard InChI is InChI=1S/C66H45N3/c1-3-13-46(14-4-1)47-23-25-48(26-24-47)50-31-36-55(37-32-50)67(57-40-42-58(43-41-57)69-63-20-10-7-17-59(63)60-18-8-11-21-64(60)69)56-38-33-51(34-39-56)49-27-29-52(30-28-49)53-35-44-66-62(45-53)61-19-9-12-22-65(61)68(66)54-15-5-2-6-16-54/h1-45H. The highest BCUT2D eigenvalue weighted by Crippen LogP contribution is 2.40. The Morgan fingerprint density at radius 2 is 0.493 bits per heavy atom. The SMILES string of the molecule is c1ccc(-c2ccc(-c3ccc(N(c4ccc(-c5ccc(-c6ccc7c(c6)c6ccccc6n7-c6ccccc6)cc5)cc4)c4ccc(-n5c6ccccc6c6ccccc65)cc4)cc3)cc2)cc1. The molecule has 0 aliphatic heterocycles. The van der Waals surface area contributed by atoms with Crippen LogP contribution in [-0.2, 0) is 0 Å². The van der Waals surface area contributed by atoms with Crippen LogP contribution in [0, 0.1) is 0 Å². The van der Waals surface area contributed by atoms with Crippen molar-refractivity contribution in [3.8, 4) is 55.9 Å². The number of nitrogens with zero attached hydrogens (tertiary/aromatic N) is 3. The van der Waals surface area contributed by atoms with Crippen LogP contribution in [0.15, 0.2) is 273 Å². The molecule has 0 radical (unpaired) electrons. The number of aromatic nitrogens is 2. The van der Waals surface area contributed by atoms with Gasteiger partial charge in [-0.1, -0.05) is 182 Å². The maximum absolute atomic E-state index is 2.37. The fourth-order valence-corrected chi connectivity index (χ4v) is 10.4. The van der Waals surface area contributed by atoms with Crippen molar-refractivity contribution in [2.75, 3.05) is 4.90 Å². The molecule has 0 saturated carbocycles. The summed E-state index contributed by atoms with van der Waals surface area (Å²) in [6, 6.07) is 98.9. The summed E-state index contributed by atoms with van der Waals surface area (Å²) in [6.07, 6.45) is 0. The molecule has 0 amide bonds. The van der Waals surface area contributed by atoms with Crippen molar-refractivity contribution in [2.45, 2.75) is 0 Å². The van der Waals surface area contributed by atoms with Gasteiger partial charge < -0.3 is 14.0 Å². The Hall–Kier alpha value is -9.18. The summed E-state index contributed by atoms with van der Waals surface area (Å²) < 4.78 is 4.74.